The zero-order valence-corrected chi connectivity index (χ0v) is 19.7. The Morgan fingerprint density at radius 1 is 1.16 bits per heavy atom. The third kappa shape index (κ3) is 5.91. The van der Waals surface area contributed by atoms with Crippen molar-refractivity contribution in [1.29, 1.82) is 0 Å². The highest BCUT2D eigenvalue weighted by Gasteiger charge is 2.22. The fourth-order valence-corrected chi connectivity index (χ4v) is 4.93. The van der Waals surface area contributed by atoms with Crippen LogP contribution in [0.4, 0.5) is 4.39 Å². The Morgan fingerprint density at radius 3 is 2.68 bits per heavy atom. The third-order valence-corrected chi connectivity index (χ3v) is 7.01. The molecule has 1 heterocycles. The van der Waals surface area contributed by atoms with Crippen molar-refractivity contribution < 1.29 is 4.39 Å². The van der Waals surface area contributed by atoms with Gasteiger partial charge in [-0.2, -0.15) is 0 Å². The number of aromatic nitrogens is 2. The molecule has 0 amide bonds. The molecule has 0 atom stereocenters. The molecule has 1 saturated carbocycles. The number of rotatable bonds is 10. The summed E-state index contributed by atoms with van der Waals surface area (Å²) >= 11 is 7.87. The minimum absolute atomic E-state index is 0.242. The lowest BCUT2D eigenvalue weighted by Crippen LogP contribution is -2.22. The van der Waals surface area contributed by atoms with Crippen LogP contribution in [0.3, 0.4) is 0 Å². The molecule has 0 saturated heterocycles. The summed E-state index contributed by atoms with van der Waals surface area (Å²) in [6.07, 6.45) is 6.98. The van der Waals surface area contributed by atoms with Gasteiger partial charge in [0.2, 0.25) is 0 Å². The van der Waals surface area contributed by atoms with E-state index in [1.54, 1.807) is 17.8 Å². The molecule has 0 bridgehead atoms. The standard InChI is InChI=1S/C25H29ClFN3S/c1-18-5-10-21(27)15-23(18)24-16-28-25(30(24)22-11-8-20(26)9-12-22)31-14-4-3-13-29(2)17-19-6-7-19/h5,8-12,15-16,19H,3-4,6-7,13-14,17H2,1-2H3. The minimum atomic E-state index is -0.242. The van der Waals surface area contributed by atoms with Gasteiger partial charge in [0.05, 0.1) is 11.9 Å². The maximum absolute atomic E-state index is 14.0. The number of imidazole rings is 1. The molecule has 1 aromatic heterocycles. The second-order valence-corrected chi connectivity index (χ2v) is 9.96. The van der Waals surface area contributed by atoms with E-state index in [1.165, 1.54) is 31.9 Å². The Balaban J connectivity index is 1.49. The number of thioether (sulfide) groups is 1. The van der Waals surface area contributed by atoms with E-state index in [1.807, 2.05) is 43.5 Å². The van der Waals surface area contributed by atoms with Gasteiger partial charge >= 0.3 is 0 Å². The molecule has 0 aliphatic heterocycles. The second kappa shape index (κ2) is 10.2. The molecule has 1 fully saturated rings. The summed E-state index contributed by atoms with van der Waals surface area (Å²) in [5.41, 5.74) is 3.75. The molecule has 4 rings (SSSR count). The molecule has 3 aromatic rings. The zero-order valence-electron chi connectivity index (χ0n) is 18.2. The molecule has 0 N–H and O–H groups in total. The molecule has 0 radical (unpaired) electrons. The third-order valence-electron chi connectivity index (χ3n) is 5.72. The molecular weight excluding hydrogens is 429 g/mol. The first-order valence-corrected chi connectivity index (χ1v) is 12.3. The normalized spacial score (nSPS) is 13.8. The quantitative estimate of drug-likeness (QED) is 0.245. The summed E-state index contributed by atoms with van der Waals surface area (Å²) in [4.78, 5) is 7.16. The van der Waals surface area contributed by atoms with E-state index in [0.717, 1.165) is 52.3 Å². The fourth-order valence-electron chi connectivity index (χ4n) is 3.82. The Bertz CT molecular complexity index is 1010. The minimum Gasteiger partial charge on any atom is -0.306 e. The smallest absolute Gasteiger partial charge is 0.173 e. The van der Waals surface area contributed by atoms with Crippen molar-refractivity contribution >= 4 is 23.4 Å². The van der Waals surface area contributed by atoms with Crippen molar-refractivity contribution in [2.45, 2.75) is 37.8 Å². The second-order valence-electron chi connectivity index (χ2n) is 8.46. The van der Waals surface area contributed by atoms with Gasteiger partial charge in [0.25, 0.3) is 0 Å². The van der Waals surface area contributed by atoms with Gasteiger partial charge in [0.15, 0.2) is 5.16 Å². The Hall–Kier alpha value is -1.82. The van der Waals surface area contributed by atoms with Crippen LogP contribution >= 0.6 is 23.4 Å². The van der Waals surface area contributed by atoms with Gasteiger partial charge in [0.1, 0.15) is 5.82 Å². The summed E-state index contributed by atoms with van der Waals surface area (Å²) in [6.45, 7) is 4.39. The van der Waals surface area contributed by atoms with E-state index < -0.39 is 0 Å². The summed E-state index contributed by atoms with van der Waals surface area (Å²) < 4.78 is 16.1. The van der Waals surface area contributed by atoms with Crippen molar-refractivity contribution in [3.63, 3.8) is 0 Å². The first kappa shape index (κ1) is 22.4. The maximum atomic E-state index is 14.0. The summed E-state index contributed by atoms with van der Waals surface area (Å²) in [6, 6.07) is 12.6. The van der Waals surface area contributed by atoms with Gasteiger partial charge in [-0.05, 0) is 94.1 Å². The van der Waals surface area contributed by atoms with Gasteiger partial charge in [-0.1, -0.05) is 29.4 Å². The van der Waals surface area contributed by atoms with E-state index in [-0.39, 0.29) is 5.82 Å². The van der Waals surface area contributed by atoms with Crippen molar-refractivity contribution in [3.8, 4) is 16.9 Å². The number of unbranched alkanes of at least 4 members (excludes halogenated alkanes) is 1. The monoisotopic (exact) mass is 457 g/mol. The molecule has 164 valence electrons. The van der Waals surface area contributed by atoms with Gasteiger partial charge in [-0.3, -0.25) is 4.57 Å². The van der Waals surface area contributed by atoms with Crippen molar-refractivity contribution in [2.75, 3.05) is 25.9 Å². The molecule has 6 heteroatoms. The number of benzene rings is 2. The molecule has 3 nitrogen and oxygen atoms in total. The highest BCUT2D eigenvalue weighted by molar-refractivity contribution is 7.99. The summed E-state index contributed by atoms with van der Waals surface area (Å²) in [5.74, 6) is 1.70. The first-order valence-electron chi connectivity index (χ1n) is 10.9. The topological polar surface area (TPSA) is 21.1 Å². The predicted molar refractivity (Wildman–Crippen MR) is 129 cm³/mol. The van der Waals surface area contributed by atoms with E-state index in [9.17, 15) is 4.39 Å². The average molecular weight is 458 g/mol. The molecular formula is C25H29ClFN3S. The predicted octanol–water partition coefficient (Wildman–Crippen LogP) is 6.85. The highest BCUT2D eigenvalue weighted by atomic mass is 35.5. The number of hydrogen-bond acceptors (Lipinski definition) is 3. The first-order chi connectivity index (χ1) is 15.0. The maximum Gasteiger partial charge on any atom is 0.173 e. The van der Waals surface area contributed by atoms with Crippen LogP contribution in [0.2, 0.25) is 5.02 Å². The highest BCUT2D eigenvalue weighted by Crippen LogP contribution is 2.33. The van der Waals surface area contributed by atoms with E-state index in [4.69, 9.17) is 16.6 Å². The Morgan fingerprint density at radius 2 is 1.94 bits per heavy atom. The Kier molecular flexibility index (Phi) is 7.36. The lowest BCUT2D eigenvalue weighted by atomic mass is 10.1. The lowest BCUT2D eigenvalue weighted by Gasteiger charge is -2.16. The van der Waals surface area contributed by atoms with Crippen LogP contribution in [0.1, 0.15) is 31.2 Å². The molecule has 0 unspecified atom stereocenters. The van der Waals surface area contributed by atoms with E-state index >= 15 is 0 Å². The largest absolute Gasteiger partial charge is 0.306 e. The van der Waals surface area contributed by atoms with E-state index in [0.29, 0.717) is 5.02 Å². The van der Waals surface area contributed by atoms with Crippen molar-refractivity contribution in [1.82, 2.24) is 14.5 Å². The average Bonchev–Trinajstić information content (AvgIpc) is 3.47. The van der Waals surface area contributed by atoms with Gasteiger partial charge in [-0.25, -0.2) is 9.37 Å². The van der Waals surface area contributed by atoms with Crippen LogP contribution in [-0.4, -0.2) is 40.3 Å². The SMILES string of the molecule is Cc1ccc(F)cc1-c1cnc(SCCCCN(C)CC2CC2)n1-c1ccc(Cl)cc1. The molecule has 31 heavy (non-hydrogen) atoms. The number of halogens is 2. The van der Waals surface area contributed by atoms with Crippen molar-refractivity contribution in [2.24, 2.45) is 5.92 Å². The van der Waals surface area contributed by atoms with Gasteiger partial charge in [0, 0.05) is 28.6 Å². The number of nitrogens with zero attached hydrogens (tertiary/aromatic N) is 3. The van der Waals surface area contributed by atoms with Gasteiger partial charge in [-0.15, -0.1) is 0 Å². The van der Waals surface area contributed by atoms with Crippen LogP contribution in [0.5, 0.6) is 0 Å². The van der Waals surface area contributed by atoms with Crippen LogP contribution < -0.4 is 0 Å². The van der Waals surface area contributed by atoms with Gasteiger partial charge < -0.3 is 4.90 Å². The fraction of sp³-hybridized carbons (Fsp3) is 0.400. The molecule has 2 aromatic carbocycles. The van der Waals surface area contributed by atoms with Crippen molar-refractivity contribution in [3.05, 3.63) is 65.1 Å². The molecule has 1 aliphatic carbocycles. The molecule has 0 spiro atoms. The summed E-state index contributed by atoms with van der Waals surface area (Å²) in [7, 11) is 2.23. The van der Waals surface area contributed by atoms with E-state index in [2.05, 4.69) is 16.5 Å². The van der Waals surface area contributed by atoms with Crippen LogP contribution in [0.15, 0.2) is 53.8 Å². The zero-order chi connectivity index (χ0) is 21.8. The summed E-state index contributed by atoms with van der Waals surface area (Å²) in [5, 5.41) is 1.61. The van der Waals surface area contributed by atoms with Crippen LogP contribution in [0, 0.1) is 18.7 Å². The molecule has 1 aliphatic rings. The van der Waals surface area contributed by atoms with Crippen LogP contribution in [-0.2, 0) is 0 Å². The Labute approximate surface area is 193 Å². The number of hydrogen-bond donors (Lipinski definition) is 0. The van der Waals surface area contributed by atoms with Crippen LogP contribution in [0.25, 0.3) is 16.9 Å². The number of aryl methyl sites for hydroxylation is 1. The lowest BCUT2D eigenvalue weighted by molar-refractivity contribution is 0.315.